The van der Waals surface area contributed by atoms with Gasteiger partial charge in [-0.25, -0.2) is 0 Å². The molecule has 20 heavy (non-hydrogen) atoms. The Morgan fingerprint density at radius 3 is 2.30 bits per heavy atom. The normalized spacial score (nSPS) is 10.5. The van der Waals surface area contributed by atoms with Gasteiger partial charge in [0.1, 0.15) is 5.75 Å². The van der Waals surface area contributed by atoms with Crippen LogP contribution in [0.2, 0.25) is 0 Å². The van der Waals surface area contributed by atoms with E-state index in [1.807, 2.05) is 6.92 Å². The molecule has 0 saturated carbocycles. The van der Waals surface area contributed by atoms with Gasteiger partial charge in [-0.1, -0.05) is 17.7 Å². The van der Waals surface area contributed by atoms with Crippen molar-refractivity contribution in [2.75, 3.05) is 13.7 Å². The highest BCUT2D eigenvalue weighted by Crippen LogP contribution is 2.27. The lowest BCUT2D eigenvalue weighted by molar-refractivity contribution is -0.274. The number of ether oxygens (including phenoxy) is 2. The molecule has 0 unspecified atom stereocenters. The molecule has 0 bridgehead atoms. The van der Waals surface area contributed by atoms with Crippen LogP contribution in [0.1, 0.15) is 18.1 Å². The Morgan fingerprint density at radius 1 is 1.35 bits per heavy atom. The summed E-state index contributed by atoms with van der Waals surface area (Å²) in [6, 6.07) is 3.89. The number of carbonyl (C=O) groups is 1. The summed E-state index contributed by atoms with van der Waals surface area (Å²) < 4.78 is 44.2. The predicted molar refractivity (Wildman–Crippen MR) is 66.8 cm³/mol. The lowest BCUT2D eigenvalue weighted by atomic mass is 10.1. The van der Waals surface area contributed by atoms with E-state index in [4.69, 9.17) is 5.11 Å². The molecular weight excluding hydrogens is 277 g/mol. The van der Waals surface area contributed by atoms with Crippen LogP contribution in [0.5, 0.6) is 5.75 Å². The molecule has 0 fully saturated rings. The van der Waals surface area contributed by atoms with Crippen molar-refractivity contribution >= 4 is 5.97 Å². The van der Waals surface area contributed by atoms with Crippen LogP contribution >= 0.6 is 0 Å². The third-order valence-electron chi connectivity index (χ3n) is 2.07. The van der Waals surface area contributed by atoms with Crippen LogP contribution in [-0.2, 0) is 16.0 Å². The van der Waals surface area contributed by atoms with Crippen molar-refractivity contribution in [2.24, 2.45) is 0 Å². The third kappa shape index (κ3) is 8.36. The Kier molecular flexibility index (Phi) is 7.68. The predicted octanol–water partition coefficient (Wildman–Crippen LogP) is 3.17. The Hall–Kier alpha value is -1.76. The van der Waals surface area contributed by atoms with Gasteiger partial charge >= 0.3 is 12.3 Å². The zero-order valence-electron chi connectivity index (χ0n) is 11.5. The van der Waals surface area contributed by atoms with Crippen LogP contribution in [0.25, 0.3) is 0 Å². The van der Waals surface area contributed by atoms with Gasteiger partial charge in [-0.3, -0.25) is 4.79 Å². The van der Waals surface area contributed by atoms with Crippen LogP contribution in [0, 0.1) is 6.92 Å². The number of hydrogen-bond donors (Lipinski definition) is 1. The number of alkyl halides is 3. The molecule has 0 aliphatic heterocycles. The molecule has 1 aromatic carbocycles. The first-order valence-corrected chi connectivity index (χ1v) is 5.75. The van der Waals surface area contributed by atoms with E-state index in [-0.39, 0.29) is 5.56 Å². The van der Waals surface area contributed by atoms with Crippen molar-refractivity contribution in [3.8, 4) is 5.75 Å². The van der Waals surface area contributed by atoms with Crippen molar-refractivity contribution in [2.45, 2.75) is 26.6 Å². The molecule has 0 radical (unpaired) electrons. The smallest absolute Gasteiger partial charge is 0.481 e. The van der Waals surface area contributed by atoms with Crippen LogP contribution in [0.15, 0.2) is 18.2 Å². The summed E-state index contributed by atoms with van der Waals surface area (Å²) in [5, 5.41) is 8.54. The quantitative estimate of drug-likeness (QED) is 0.926. The van der Waals surface area contributed by atoms with E-state index in [2.05, 4.69) is 9.47 Å². The second kappa shape index (κ2) is 8.42. The molecule has 0 amide bonds. The summed E-state index contributed by atoms with van der Waals surface area (Å²) in [4.78, 5) is 10.5. The molecule has 1 N–H and O–H groups in total. The molecule has 0 aliphatic carbocycles. The molecule has 0 aliphatic rings. The van der Waals surface area contributed by atoms with Gasteiger partial charge in [0.25, 0.3) is 0 Å². The first-order chi connectivity index (χ1) is 9.19. The molecule has 4 nitrogen and oxygen atoms in total. The molecule has 0 heterocycles. The molecule has 0 spiro atoms. The van der Waals surface area contributed by atoms with E-state index in [0.29, 0.717) is 5.56 Å². The first kappa shape index (κ1) is 18.2. The highest BCUT2D eigenvalue weighted by Gasteiger charge is 2.32. The molecular formula is C13H17F3O4. The number of carboxylic acids is 1. The highest BCUT2D eigenvalue weighted by atomic mass is 19.4. The highest BCUT2D eigenvalue weighted by molar-refractivity contribution is 5.71. The minimum atomic E-state index is -4.82. The largest absolute Gasteiger partial charge is 0.573 e. The van der Waals surface area contributed by atoms with Gasteiger partial charge in [0.15, 0.2) is 0 Å². The van der Waals surface area contributed by atoms with Gasteiger partial charge in [-0.2, -0.15) is 0 Å². The van der Waals surface area contributed by atoms with Gasteiger partial charge in [0.2, 0.25) is 0 Å². The van der Waals surface area contributed by atoms with Gasteiger partial charge in [0, 0.05) is 19.3 Å². The second-order valence-corrected chi connectivity index (χ2v) is 3.81. The van der Waals surface area contributed by atoms with Crippen molar-refractivity contribution < 1.29 is 32.5 Å². The third-order valence-corrected chi connectivity index (χ3v) is 2.07. The standard InChI is InChI=1S/C10H9F3O3.C3H8O/c1-6-2-3-8(16-10(11,12)13)7(4-6)5-9(14)15;1-3-4-2/h2-4H,5H2,1H3,(H,14,15);3H2,1-2H3. The summed E-state index contributed by atoms with van der Waals surface area (Å²) in [5.41, 5.74) is 0.676. The van der Waals surface area contributed by atoms with E-state index < -0.39 is 24.5 Å². The summed E-state index contributed by atoms with van der Waals surface area (Å²) in [6.07, 6.45) is -5.32. The van der Waals surface area contributed by atoms with Crippen LogP contribution in [0.4, 0.5) is 13.2 Å². The van der Waals surface area contributed by atoms with E-state index >= 15 is 0 Å². The minimum absolute atomic E-state index is 0.00447. The van der Waals surface area contributed by atoms with Crippen molar-refractivity contribution in [3.63, 3.8) is 0 Å². The van der Waals surface area contributed by atoms with Crippen molar-refractivity contribution in [3.05, 3.63) is 29.3 Å². The summed E-state index contributed by atoms with van der Waals surface area (Å²) in [5.74, 6) is -1.68. The average molecular weight is 294 g/mol. The number of rotatable bonds is 4. The molecule has 0 saturated heterocycles. The molecule has 1 aromatic rings. The van der Waals surface area contributed by atoms with Crippen molar-refractivity contribution in [1.82, 2.24) is 0 Å². The maximum atomic E-state index is 12.0. The zero-order chi connectivity index (χ0) is 15.8. The van der Waals surface area contributed by atoms with E-state index in [0.717, 1.165) is 12.7 Å². The topological polar surface area (TPSA) is 55.8 Å². The number of carboxylic acid groups (broad SMARTS) is 1. The van der Waals surface area contributed by atoms with E-state index in [9.17, 15) is 18.0 Å². The molecule has 1 rings (SSSR count). The second-order valence-electron chi connectivity index (χ2n) is 3.81. The maximum absolute atomic E-state index is 12.0. The first-order valence-electron chi connectivity index (χ1n) is 5.75. The minimum Gasteiger partial charge on any atom is -0.481 e. The molecule has 7 heteroatoms. The van der Waals surface area contributed by atoms with Crippen LogP contribution < -0.4 is 4.74 Å². The number of methoxy groups -OCH3 is 1. The van der Waals surface area contributed by atoms with Gasteiger partial charge in [0.05, 0.1) is 6.42 Å². The number of hydrogen-bond acceptors (Lipinski definition) is 3. The number of benzene rings is 1. The SMILES string of the molecule is CCOC.Cc1ccc(OC(F)(F)F)c(CC(=O)O)c1. The van der Waals surface area contributed by atoms with E-state index in [1.165, 1.54) is 12.1 Å². The molecule has 114 valence electrons. The fourth-order valence-electron chi connectivity index (χ4n) is 1.23. The lowest BCUT2D eigenvalue weighted by Crippen LogP contribution is -2.18. The fraction of sp³-hybridized carbons (Fsp3) is 0.462. The fourth-order valence-corrected chi connectivity index (χ4v) is 1.23. The van der Waals surface area contributed by atoms with Gasteiger partial charge in [-0.05, 0) is 19.9 Å². The Bertz CT molecular complexity index is 428. The van der Waals surface area contributed by atoms with Crippen LogP contribution in [-0.4, -0.2) is 31.2 Å². The lowest BCUT2D eigenvalue weighted by Gasteiger charge is -2.12. The molecule has 0 aromatic heterocycles. The van der Waals surface area contributed by atoms with Gasteiger partial charge in [-0.15, -0.1) is 13.2 Å². The van der Waals surface area contributed by atoms with Crippen molar-refractivity contribution in [1.29, 1.82) is 0 Å². The van der Waals surface area contributed by atoms with E-state index in [1.54, 1.807) is 14.0 Å². The summed E-state index contributed by atoms with van der Waals surface area (Å²) in [6.45, 7) is 4.43. The molecule has 0 atom stereocenters. The number of halogens is 3. The van der Waals surface area contributed by atoms with Gasteiger partial charge < -0.3 is 14.6 Å². The average Bonchev–Trinajstić information content (AvgIpc) is 2.31. The Morgan fingerprint density at radius 2 is 1.90 bits per heavy atom. The Labute approximate surface area is 115 Å². The number of aliphatic carboxylic acids is 1. The summed E-state index contributed by atoms with van der Waals surface area (Å²) >= 11 is 0. The number of aryl methyl sites for hydroxylation is 1. The van der Waals surface area contributed by atoms with Crippen LogP contribution in [0.3, 0.4) is 0 Å². The zero-order valence-corrected chi connectivity index (χ0v) is 11.5. The Balaban J connectivity index is 0.000000796. The maximum Gasteiger partial charge on any atom is 0.573 e. The summed E-state index contributed by atoms with van der Waals surface area (Å²) in [7, 11) is 1.68. The monoisotopic (exact) mass is 294 g/mol.